The molecule has 2 aliphatic carbocycles. The van der Waals surface area contributed by atoms with Crippen molar-refractivity contribution in [2.75, 3.05) is 19.6 Å². The molecule has 5 rings (SSSR count). The topological polar surface area (TPSA) is 16.4 Å². The van der Waals surface area contributed by atoms with Crippen LogP contribution in [0, 0.1) is 5.92 Å². The molecule has 134 valence electrons. The molecule has 0 N–H and O–H groups in total. The van der Waals surface area contributed by atoms with Gasteiger partial charge in [-0.25, -0.2) is 0 Å². The Hall–Kier alpha value is -1.28. The van der Waals surface area contributed by atoms with Crippen LogP contribution in [0.15, 0.2) is 28.7 Å². The first-order valence-corrected chi connectivity index (χ1v) is 10.6. The summed E-state index contributed by atoms with van der Waals surface area (Å²) in [5, 5.41) is 1.33. The van der Waals surface area contributed by atoms with E-state index >= 15 is 0 Å². The Balaban J connectivity index is 1.29. The SMILES string of the molecule is c1cc2oc(C3CCN(CC4CC4)CC3)cc2cc1C1CCCCC1. The molecule has 2 heterocycles. The first kappa shape index (κ1) is 15.9. The van der Waals surface area contributed by atoms with E-state index in [0.29, 0.717) is 5.92 Å². The number of hydrogen-bond donors (Lipinski definition) is 0. The maximum Gasteiger partial charge on any atom is 0.134 e. The van der Waals surface area contributed by atoms with Crippen molar-refractivity contribution in [1.82, 2.24) is 4.90 Å². The predicted octanol–water partition coefficient (Wildman–Crippen LogP) is 6.07. The molecular formula is C23H31NO. The number of rotatable bonds is 4. The second-order valence-electron chi connectivity index (χ2n) is 8.80. The summed E-state index contributed by atoms with van der Waals surface area (Å²) in [6.45, 7) is 3.86. The summed E-state index contributed by atoms with van der Waals surface area (Å²) in [6.07, 6.45) is 12.4. The minimum Gasteiger partial charge on any atom is -0.461 e. The van der Waals surface area contributed by atoms with Crippen molar-refractivity contribution < 1.29 is 4.42 Å². The summed E-state index contributed by atoms with van der Waals surface area (Å²) in [6, 6.07) is 9.32. The lowest BCUT2D eigenvalue weighted by molar-refractivity contribution is 0.196. The van der Waals surface area contributed by atoms with Crippen molar-refractivity contribution in [2.45, 2.75) is 69.6 Å². The quantitative estimate of drug-likeness (QED) is 0.673. The first-order valence-electron chi connectivity index (χ1n) is 10.6. The highest BCUT2D eigenvalue weighted by Crippen LogP contribution is 2.37. The van der Waals surface area contributed by atoms with Crippen LogP contribution in [0.5, 0.6) is 0 Å². The standard InChI is InChI=1S/C23H31NO/c1-2-4-18(5-3-1)20-8-9-22-21(14-20)15-23(25-22)19-10-12-24(13-11-19)16-17-6-7-17/h8-9,14-15,17-19H,1-7,10-13,16H2. The fraction of sp³-hybridized carbons (Fsp3) is 0.652. The largest absolute Gasteiger partial charge is 0.461 e. The molecule has 0 spiro atoms. The number of hydrogen-bond acceptors (Lipinski definition) is 2. The van der Waals surface area contributed by atoms with Crippen LogP contribution in [0.25, 0.3) is 11.0 Å². The lowest BCUT2D eigenvalue weighted by Gasteiger charge is -2.30. The van der Waals surface area contributed by atoms with Crippen LogP contribution >= 0.6 is 0 Å². The summed E-state index contributed by atoms with van der Waals surface area (Å²) in [7, 11) is 0. The first-order chi connectivity index (χ1) is 12.3. The van der Waals surface area contributed by atoms with E-state index in [1.165, 1.54) is 88.6 Å². The molecular weight excluding hydrogens is 306 g/mol. The van der Waals surface area contributed by atoms with Crippen LogP contribution < -0.4 is 0 Å². The smallest absolute Gasteiger partial charge is 0.134 e. The van der Waals surface area contributed by atoms with Gasteiger partial charge in [-0.1, -0.05) is 25.3 Å². The average molecular weight is 338 g/mol. The van der Waals surface area contributed by atoms with Crippen molar-refractivity contribution >= 4 is 11.0 Å². The normalized spacial score (nSPS) is 24.2. The number of piperidine rings is 1. The monoisotopic (exact) mass is 337 g/mol. The number of furan rings is 1. The molecule has 2 heteroatoms. The zero-order chi connectivity index (χ0) is 16.6. The van der Waals surface area contributed by atoms with Crippen molar-refractivity contribution in [2.24, 2.45) is 5.92 Å². The highest BCUT2D eigenvalue weighted by Gasteiger charge is 2.28. The van der Waals surface area contributed by atoms with Gasteiger partial charge in [-0.15, -0.1) is 0 Å². The molecule has 0 unspecified atom stereocenters. The van der Waals surface area contributed by atoms with Gasteiger partial charge in [0.15, 0.2) is 0 Å². The fourth-order valence-electron chi connectivity index (χ4n) is 5.04. The van der Waals surface area contributed by atoms with E-state index in [4.69, 9.17) is 4.42 Å². The van der Waals surface area contributed by atoms with Gasteiger partial charge in [0.05, 0.1) is 0 Å². The summed E-state index contributed by atoms with van der Waals surface area (Å²) in [5.41, 5.74) is 2.63. The highest BCUT2D eigenvalue weighted by atomic mass is 16.3. The van der Waals surface area contributed by atoms with Crippen LogP contribution in [0.4, 0.5) is 0 Å². The van der Waals surface area contributed by atoms with E-state index in [1.54, 1.807) is 5.56 Å². The molecule has 0 radical (unpaired) electrons. The van der Waals surface area contributed by atoms with E-state index in [2.05, 4.69) is 29.2 Å². The maximum atomic E-state index is 6.26. The number of likely N-dealkylation sites (tertiary alicyclic amines) is 1. The lowest BCUT2D eigenvalue weighted by atomic mass is 9.84. The number of fused-ring (bicyclic) bond motifs is 1. The van der Waals surface area contributed by atoms with Gasteiger partial charge in [-0.3, -0.25) is 0 Å². The summed E-state index contributed by atoms with van der Waals surface area (Å²) in [5.74, 6) is 3.66. The Morgan fingerprint density at radius 3 is 2.40 bits per heavy atom. The Morgan fingerprint density at radius 2 is 1.64 bits per heavy atom. The van der Waals surface area contributed by atoms with Crippen LogP contribution in [0.2, 0.25) is 0 Å². The zero-order valence-electron chi connectivity index (χ0n) is 15.4. The molecule has 1 aromatic carbocycles. The molecule has 2 nitrogen and oxygen atoms in total. The highest BCUT2D eigenvalue weighted by molar-refractivity contribution is 5.79. The van der Waals surface area contributed by atoms with E-state index in [1.807, 2.05) is 0 Å². The zero-order valence-corrected chi connectivity index (χ0v) is 15.4. The van der Waals surface area contributed by atoms with E-state index in [-0.39, 0.29) is 0 Å². The molecule has 1 aromatic heterocycles. The second-order valence-corrected chi connectivity index (χ2v) is 8.80. The summed E-state index contributed by atoms with van der Waals surface area (Å²) >= 11 is 0. The third kappa shape index (κ3) is 3.51. The van der Waals surface area contributed by atoms with Gasteiger partial charge in [0.1, 0.15) is 11.3 Å². The predicted molar refractivity (Wildman–Crippen MR) is 103 cm³/mol. The summed E-state index contributed by atoms with van der Waals surface area (Å²) in [4.78, 5) is 2.68. The Labute approximate surface area is 151 Å². The van der Waals surface area contributed by atoms with Crippen molar-refractivity contribution in [3.05, 3.63) is 35.6 Å². The van der Waals surface area contributed by atoms with E-state index in [0.717, 1.165) is 17.4 Å². The molecule has 0 amide bonds. The fourth-order valence-corrected chi connectivity index (χ4v) is 5.04. The van der Waals surface area contributed by atoms with Crippen molar-refractivity contribution in [3.8, 4) is 0 Å². The van der Waals surface area contributed by atoms with Crippen LogP contribution in [0.3, 0.4) is 0 Å². The molecule has 1 saturated heterocycles. The molecule has 1 aliphatic heterocycles. The van der Waals surface area contributed by atoms with Gasteiger partial charge in [-0.2, -0.15) is 0 Å². The molecule has 25 heavy (non-hydrogen) atoms. The third-order valence-electron chi connectivity index (χ3n) is 6.84. The number of nitrogens with zero attached hydrogens (tertiary/aromatic N) is 1. The Bertz CT molecular complexity index is 715. The molecule has 2 aromatic rings. The summed E-state index contributed by atoms with van der Waals surface area (Å²) < 4.78 is 6.26. The van der Waals surface area contributed by atoms with Gasteiger partial charge in [0.2, 0.25) is 0 Å². The van der Waals surface area contributed by atoms with Crippen LogP contribution in [-0.2, 0) is 0 Å². The minimum atomic E-state index is 0.626. The van der Waals surface area contributed by atoms with Crippen LogP contribution in [0.1, 0.15) is 80.9 Å². The van der Waals surface area contributed by atoms with Crippen LogP contribution in [-0.4, -0.2) is 24.5 Å². The maximum absolute atomic E-state index is 6.26. The van der Waals surface area contributed by atoms with Crippen molar-refractivity contribution in [3.63, 3.8) is 0 Å². The van der Waals surface area contributed by atoms with Crippen molar-refractivity contribution in [1.29, 1.82) is 0 Å². The molecule has 2 saturated carbocycles. The number of benzene rings is 1. The average Bonchev–Trinajstić information content (AvgIpc) is 3.38. The van der Waals surface area contributed by atoms with E-state index < -0.39 is 0 Å². The molecule has 0 bridgehead atoms. The molecule has 3 fully saturated rings. The lowest BCUT2D eigenvalue weighted by Crippen LogP contribution is -2.34. The molecule has 0 atom stereocenters. The Kier molecular flexibility index (Phi) is 4.33. The second kappa shape index (κ2) is 6.79. The van der Waals surface area contributed by atoms with Gasteiger partial charge in [0.25, 0.3) is 0 Å². The van der Waals surface area contributed by atoms with Gasteiger partial charge >= 0.3 is 0 Å². The van der Waals surface area contributed by atoms with Gasteiger partial charge < -0.3 is 9.32 Å². The third-order valence-corrected chi connectivity index (χ3v) is 6.84. The van der Waals surface area contributed by atoms with E-state index in [9.17, 15) is 0 Å². The Morgan fingerprint density at radius 1 is 0.840 bits per heavy atom. The van der Waals surface area contributed by atoms with Gasteiger partial charge in [0, 0.05) is 17.8 Å². The van der Waals surface area contributed by atoms with Gasteiger partial charge in [-0.05, 0) is 87.2 Å². The molecule has 3 aliphatic rings. The minimum absolute atomic E-state index is 0.626.